The maximum Gasteiger partial charge on any atom is 0.396 e. The molecule has 0 fully saturated rings. The average molecular weight is 286 g/mol. The summed E-state index contributed by atoms with van der Waals surface area (Å²) < 4.78 is 6.09. The smallest absolute Gasteiger partial charge is 0.396 e. The van der Waals surface area contributed by atoms with Crippen molar-refractivity contribution < 1.29 is 24.2 Å². The summed E-state index contributed by atoms with van der Waals surface area (Å²) >= 11 is 3.07. The van der Waals surface area contributed by atoms with Gasteiger partial charge in [0.1, 0.15) is 0 Å². The largest absolute Gasteiger partial charge is 0.478 e. The van der Waals surface area contributed by atoms with Crippen molar-refractivity contribution in [2.75, 3.05) is 0 Å². The second-order valence-electron chi connectivity index (χ2n) is 2.93. The summed E-state index contributed by atoms with van der Waals surface area (Å²) in [5, 5.41) is 21.4. The van der Waals surface area contributed by atoms with Crippen LogP contribution in [0.15, 0.2) is 33.4 Å². The summed E-state index contributed by atoms with van der Waals surface area (Å²) in [5.41, 5.74) is 0.745. The van der Waals surface area contributed by atoms with Crippen molar-refractivity contribution in [3.63, 3.8) is 0 Å². The van der Waals surface area contributed by atoms with Gasteiger partial charge in [-0.1, -0.05) is 0 Å². The van der Waals surface area contributed by atoms with E-state index in [1.807, 2.05) is 0 Å². The van der Waals surface area contributed by atoms with E-state index in [2.05, 4.69) is 25.7 Å². The van der Waals surface area contributed by atoms with Crippen LogP contribution in [-0.4, -0.2) is 21.5 Å². The van der Waals surface area contributed by atoms with Crippen molar-refractivity contribution in [3.8, 4) is 11.6 Å². The van der Waals surface area contributed by atoms with E-state index in [-0.39, 0.29) is 16.1 Å². The molecule has 0 saturated heterocycles. The van der Waals surface area contributed by atoms with Gasteiger partial charge in [-0.25, -0.2) is 4.79 Å². The van der Waals surface area contributed by atoms with E-state index < -0.39 is 5.97 Å². The Labute approximate surface area is 97.8 Å². The molecule has 6 nitrogen and oxygen atoms in total. The van der Waals surface area contributed by atoms with Gasteiger partial charge in [-0.05, 0) is 12.1 Å². The van der Waals surface area contributed by atoms with Crippen LogP contribution in [0, 0.1) is 0 Å². The number of carboxylic acids is 1. The van der Waals surface area contributed by atoms with E-state index in [1.54, 1.807) is 12.1 Å². The lowest BCUT2D eigenvalue weighted by molar-refractivity contribution is -0.680. The lowest BCUT2D eigenvalue weighted by Gasteiger charge is -1.92. The molecule has 1 aromatic heterocycles. The first-order valence-corrected chi connectivity index (χ1v) is 4.99. The molecular weight excluding hydrogens is 280 g/mol. The molecule has 0 aliphatic rings. The number of aromatic carboxylic acids is 1. The quantitative estimate of drug-likeness (QED) is 0.808. The molecule has 0 saturated carbocycles. The topological polar surface area (TPSA) is 87.4 Å². The number of carboxylic acid groups (broad SMARTS) is 1. The highest BCUT2D eigenvalue weighted by molar-refractivity contribution is 9.10. The molecule has 0 atom stereocenters. The zero-order chi connectivity index (χ0) is 11.7. The van der Waals surface area contributed by atoms with Crippen LogP contribution >= 0.6 is 15.9 Å². The SMILES string of the molecule is O=C(O)c1ccc(-[n+]2noc(O)c2Br)cc1. The number of hydrogen-bond acceptors (Lipinski definition) is 4. The molecule has 82 valence electrons. The summed E-state index contributed by atoms with van der Waals surface area (Å²) in [5.74, 6) is -1.35. The Bertz CT molecular complexity index is 535. The van der Waals surface area contributed by atoms with Gasteiger partial charge in [0.15, 0.2) is 0 Å². The Kier molecular flexibility index (Phi) is 2.61. The van der Waals surface area contributed by atoms with Crippen LogP contribution in [0.4, 0.5) is 0 Å². The highest BCUT2D eigenvalue weighted by Crippen LogP contribution is 2.19. The van der Waals surface area contributed by atoms with Crippen LogP contribution in [0.25, 0.3) is 5.69 Å². The third-order valence-electron chi connectivity index (χ3n) is 1.93. The summed E-state index contributed by atoms with van der Waals surface area (Å²) in [4.78, 5) is 10.6. The molecular formula is C9H6BrN2O4+. The second-order valence-corrected chi connectivity index (χ2v) is 3.68. The lowest BCUT2D eigenvalue weighted by atomic mass is 10.2. The normalized spacial score (nSPS) is 10.3. The number of hydrogen-bond donors (Lipinski definition) is 2. The van der Waals surface area contributed by atoms with Gasteiger partial charge in [-0.3, -0.25) is 4.52 Å². The summed E-state index contributed by atoms with van der Waals surface area (Å²) in [6.07, 6.45) is 0. The Morgan fingerprint density at radius 2 is 2.00 bits per heavy atom. The third kappa shape index (κ3) is 1.76. The van der Waals surface area contributed by atoms with Crippen molar-refractivity contribution in [3.05, 3.63) is 34.4 Å². The lowest BCUT2D eigenvalue weighted by Crippen LogP contribution is -2.33. The number of rotatable bonds is 2. The Hall–Kier alpha value is -1.89. The maximum absolute atomic E-state index is 10.6. The fourth-order valence-corrected chi connectivity index (χ4v) is 1.49. The summed E-state index contributed by atoms with van der Waals surface area (Å²) in [6.45, 7) is 0. The zero-order valence-electron chi connectivity index (χ0n) is 7.79. The van der Waals surface area contributed by atoms with E-state index in [0.717, 1.165) is 0 Å². The number of halogens is 1. The fraction of sp³-hybridized carbons (Fsp3) is 0. The minimum atomic E-state index is -1.00. The number of carbonyl (C=O) groups is 1. The molecule has 2 aromatic rings. The molecule has 0 bridgehead atoms. The van der Waals surface area contributed by atoms with Gasteiger partial charge in [0.05, 0.1) is 5.56 Å². The number of aromatic hydroxyl groups is 1. The van der Waals surface area contributed by atoms with Crippen LogP contribution < -0.4 is 4.68 Å². The average Bonchev–Trinajstić information content (AvgIpc) is 2.60. The van der Waals surface area contributed by atoms with Crippen LogP contribution in [0.1, 0.15) is 10.4 Å². The van der Waals surface area contributed by atoms with E-state index in [0.29, 0.717) is 5.69 Å². The van der Waals surface area contributed by atoms with Crippen molar-refractivity contribution in [2.45, 2.75) is 0 Å². The van der Waals surface area contributed by atoms with Crippen LogP contribution in [0.2, 0.25) is 0 Å². The first-order valence-electron chi connectivity index (χ1n) is 4.20. The molecule has 2 N–H and O–H groups in total. The zero-order valence-corrected chi connectivity index (χ0v) is 9.38. The first kappa shape index (κ1) is 10.6. The van der Waals surface area contributed by atoms with Gasteiger partial charge in [0, 0.05) is 32.7 Å². The molecule has 0 radical (unpaired) electrons. The van der Waals surface area contributed by atoms with E-state index >= 15 is 0 Å². The molecule has 16 heavy (non-hydrogen) atoms. The minimum absolute atomic E-state index is 0.174. The first-order chi connectivity index (χ1) is 7.59. The van der Waals surface area contributed by atoms with Crippen LogP contribution in [-0.2, 0) is 0 Å². The third-order valence-corrected chi connectivity index (χ3v) is 2.61. The monoisotopic (exact) mass is 285 g/mol. The second kappa shape index (κ2) is 3.93. The van der Waals surface area contributed by atoms with Gasteiger partial charge >= 0.3 is 16.5 Å². The van der Waals surface area contributed by atoms with Crippen molar-refractivity contribution in [1.29, 1.82) is 0 Å². The van der Waals surface area contributed by atoms with E-state index in [9.17, 15) is 4.79 Å². The number of aromatic nitrogens is 2. The van der Waals surface area contributed by atoms with Crippen LogP contribution in [0.3, 0.4) is 0 Å². The van der Waals surface area contributed by atoms with Crippen molar-refractivity contribution in [2.24, 2.45) is 0 Å². The minimum Gasteiger partial charge on any atom is -0.478 e. The van der Waals surface area contributed by atoms with Crippen molar-refractivity contribution >= 4 is 21.9 Å². The molecule has 0 aliphatic carbocycles. The molecule has 0 amide bonds. The fourth-order valence-electron chi connectivity index (χ4n) is 1.15. The predicted octanol–water partition coefficient (Wildman–Crippen LogP) is 1.12. The molecule has 0 aliphatic heterocycles. The Morgan fingerprint density at radius 3 is 2.44 bits per heavy atom. The highest BCUT2D eigenvalue weighted by atomic mass is 79.9. The molecule has 7 heteroatoms. The highest BCUT2D eigenvalue weighted by Gasteiger charge is 2.23. The summed E-state index contributed by atoms with van der Waals surface area (Å²) in [6, 6.07) is 5.97. The molecule has 1 heterocycles. The molecule has 2 rings (SSSR count). The maximum atomic E-state index is 10.6. The van der Waals surface area contributed by atoms with E-state index in [1.165, 1.54) is 16.8 Å². The molecule has 1 aromatic carbocycles. The predicted molar refractivity (Wildman–Crippen MR) is 54.4 cm³/mol. The van der Waals surface area contributed by atoms with Gasteiger partial charge in [0.2, 0.25) is 11.0 Å². The summed E-state index contributed by atoms with van der Waals surface area (Å²) in [7, 11) is 0. The number of nitrogens with zero attached hydrogens (tertiary/aromatic N) is 2. The molecule has 0 spiro atoms. The number of benzene rings is 1. The van der Waals surface area contributed by atoms with Gasteiger partial charge in [0.25, 0.3) is 0 Å². The Balaban J connectivity index is 2.42. The van der Waals surface area contributed by atoms with Gasteiger partial charge < -0.3 is 10.2 Å². The van der Waals surface area contributed by atoms with Crippen LogP contribution in [0.5, 0.6) is 5.95 Å². The molecule has 0 unspecified atom stereocenters. The van der Waals surface area contributed by atoms with Gasteiger partial charge in [-0.2, -0.15) is 0 Å². The van der Waals surface area contributed by atoms with E-state index in [4.69, 9.17) is 10.2 Å². The van der Waals surface area contributed by atoms with Crippen molar-refractivity contribution in [1.82, 2.24) is 5.27 Å². The standard InChI is InChI=1S/C9H5BrN2O4/c10-7-9(15)16-11-12(7)6-3-1-5(2-4-6)8(13)14/h1-4H,(H-,11,13,14,15)/p+1. The Morgan fingerprint density at radius 1 is 1.38 bits per heavy atom. The van der Waals surface area contributed by atoms with Gasteiger partial charge in [-0.15, -0.1) is 0 Å².